The predicted octanol–water partition coefficient (Wildman–Crippen LogP) is 2.42. The lowest BCUT2D eigenvalue weighted by Crippen LogP contribution is -2.40. The van der Waals surface area contributed by atoms with E-state index in [9.17, 15) is 9.59 Å². The number of nitrogens with zero attached hydrogens (tertiary/aromatic N) is 3. The molecule has 0 spiro atoms. The predicted molar refractivity (Wildman–Crippen MR) is 89.9 cm³/mol. The summed E-state index contributed by atoms with van der Waals surface area (Å²) in [5.41, 5.74) is -0.0214. The molecule has 2 aromatic rings. The molecule has 8 nitrogen and oxygen atoms in total. The van der Waals surface area contributed by atoms with Crippen LogP contribution in [0, 0.1) is 6.92 Å². The van der Waals surface area contributed by atoms with Crippen LogP contribution < -0.4 is 19.7 Å². The third-order valence-electron chi connectivity index (χ3n) is 3.70. The number of carbonyl (C=O) groups excluding carboxylic acids is 2. The first-order chi connectivity index (χ1) is 11.8. The van der Waals surface area contributed by atoms with E-state index < -0.39 is 11.6 Å². The van der Waals surface area contributed by atoms with Crippen molar-refractivity contribution >= 4 is 17.8 Å². The average molecular weight is 342 g/mol. The van der Waals surface area contributed by atoms with Gasteiger partial charge in [-0.05, 0) is 38.5 Å². The highest BCUT2D eigenvalue weighted by molar-refractivity contribution is 6.22. The Kier molecular flexibility index (Phi) is 4.03. The summed E-state index contributed by atoms with van der Waals surface area (Å²) in [7, 11) is 1.57. The van der Waals surface area contributed by atoms with Gasteiger partial charge in [-0.15, -0.1) is 0 Å². The number of anilines is 1. The summed E-state index contributed by atoms with van der Waals surface area (Å²) in [6, 6.07) is 6.31. The lowest BCUT2D eigenvalue weighted by atomic mass is 10.1. The molecule has 1 fully saturated rings. The molecule has 0 unspecified atom stereocenters. The molecule has 2 heterocycles. The SMILES string of the molecule is COc1cc(C)cc(Oc2cc(N3C(=O)NC(C)(C)C3=O)ncn2)c1. The van der Waals surface area contributed by atoms with Gasteiger partial charge in [-0.3, -0.25) is 4.79 Å². The Balaban J connectivity index is 1.89. The molecule has 0 atom stereocenters. The fraction of sp³-hybridized carbons (Fsp3) is 0.294. The number of rotatable bonds is 4. The molecule has 1 N–H and O–H groups in total. The van der Waals surface area contributed by atoms with E-state index in [2.05, 4.69) is 15.3 Å². The minimum absolute atomic E-state index is 0.151. The highest BCUT2D eigenvalue weighted by atomic mass is 16.5. The smallest absolute Gasteiger partial charge is 0.330 e. The van der Waals surface area contributed by atoms with Crippen molar-refractivity contribution in [3.05, 3.63) is 36.2 Å². The number of nitrogens with one attached hydrogen (secondary N) is 1. The number of urea groups is 1. The molecule has 1 saturated heterocycles. The maximum Gasteiger partial charge on any atom is 0.330 e. The molecular weight excluding hydrogens is 324 g/mol. The van der Waals surface area contributed by atoms with Crippen molar-refractivity contribution in [3.8, 4) is 17.4 Å². The van der Waals surface area contributed by atoms with Crippen molar-refractivity contribution < 1.29 is 19.1 Å². The average Bonchev–Trinajstić information content (AvgIpc) is 2.74. The lowest BCUT2D eigenvalue weighted by Gasteiger charge is -2.15. The second kappa shape index (κ2) is 6.04. The van der Waals surface area contributed by atoms with Gasteiger partial charge in [-0.2, -0.15) is 0 Å². The molecule has 0 bridgehead atoms. The van der Waals surface area contributed by atoms with Gasteiger partial charge in [0.15, 0.2) is 5.82 Å². The second-order valence-corrected chi connectivity index (χ2v) is 6.20. The van der Waals surface area contributed by atoms with E-state index in [1.54, 1.807) is 27.0 Å². The molecule has 0 radical (unpaired) electrons. The highest BCUT2D eigenvalue weighted by Crippen LogP contribution is 2.29. The van der Waals surface area contributed by atoms with Gasteiger partial charge in [0, 0.05) is 12.1 Å². The van der Waals surface area contributed by atoms with Gasteiger partial charge in [-0.25, -0.2) is 19.7 Å². The van der Waals surface area contributed by atoms with E-state index >= 15 is 0 Å². The van der Waals surface area contributed by atoms with E-state index in [4.69, 9.17) is 9.47 Å². The van der Waals surface area contributed by atoms with Crippen LogP contribution >= 0.6 is 0 Å². The van der Waals surface area contributed by atoms with E-state index in [1.165, 1.54) is 12.4 Å². The molecule has 1 aliphatic heterocycles. The summed E-state index contributed by atoms with van der Waals surface area (Å²) in [6.07, 6.45) is 1.24. The molecule has 130 valence electrons. The molecule has 1 aromatic heterocycles. The first-order valence-corrected chi connectivity index (χ1v) is 7.62. The number of aromatic nitrogens is 2. The molecule has 8 heteroatoms. The first kappa shape index (κ1) is 16.7. The number of amides is 3. The molecule has 1 aromatic carbocycles. The van der Waals surface area contributed by atoms with Gasteiger partial charge >= 0.3 is 6.03 Å². The third kappa shape index (κ3) is 3.23. The number of methoxy groups -OCH3 is 1. The third-order valence-corrected chi connectivity index (χ3v) is 3.70. The topological polar surface area (TPSA) is 93.7 Å². The summed E-state index contributed by atoms with van der Waals surface area (Å²) in [5.74, 6) is 1.15. The minimum atomic E-state index is -0.979. The second-order valence-electron chi connectivity index (χ2n) is 6.20. The summed E-state index contributed by atoms with van der Waals surface area (Å²) in [5, 5.41) is 2.60. The maximum absolute atomic E-state index is 12.4. The zero-order valence-electron chi connectivity index (χ0n) is 14.4. The Morgan fingerprint density at radius 1 is 1.08 bits per heavy atom. The highest BCUT2D eigenvalue weighted by Gasteiger charge is 2.45. The fourth-order valence-electron chi connectivity index (χ4n) is 2.48. The van der Waals surface area contributed by atoms with Crippen molar-refractivity contribution in [3.63, 3.8) is 0 Å². The number of hydrogen-bond donors (Lipinski definition) is 1. The van der Waals surface area contributed by atoms with Gasteiger partial charge in [0.05, 0.1) is 7.11 Å². The Morgan fingerprint density at radius 3 is 2.44 bits per heavy atom. The van der Waals surface area contributed by atoms with Crippen LogP contribution in [0.1, 0.15) is 19.4 Å². The molecule has 3 rings (SSSR count). The molecular formula is C17H18N4O4. The quantitative estimate of drug-likeness (QED) is 0.858. The Morgan fingerprint density at radius 2 is 1.80 bits per heavy atom. The minimum Gasteiger partial charge on any atom is -0.497 e. The zero-order chi connectivity index (χ0) is 18.2. The van der Waals surface area contributed by atoms with Crippen LogP contribution in [0.25, 0.3) is 0 Å². The van der Waals surface area contributed by atoms with Gasteiger partial charge < -0.3 is 14.8 Å². The van der Waals surface area contributed by atoms with Crippen LogP contribution in [-0.2, 0) is 4.79 Å². The molecule has 1 aliphatic rings. The number of benzene rings is 1. The van der Waals surface area contributed by atoms with Crippen molar-refractivity contribution in [2.24, 2.45) is 0 Å². The van der Waals surface area contributed by atoms with Crippen molar-refractivity contribution in [2.75, 3.05) is 12.0 Å². The summed E-state index contributed by atoms with van der Waals surface area (Å²) >= 11 is 0. The standard InChI is InChI=1S/C17H18N4O4/c1-10-5-11(24-4)7-12(6-10)25-14-8-13(18-9-19-14)21-15(22)17(2,3)20-16(21)23/h5-9H,1-4H3,(H,20,23). The van der Waals surface area contributed by atoms with Crippen LogP contribution in [0.2, 0.25) is 0 Å². The van der Waals surface area contributed by atoms with Crippen LogP contribution in [0.5, 0.6) is 17.4 Å². The van der Waals surface area contributed by atoms with Crippen molar-refractivity contribution in [1.29, 1.82) is 0 Å². The van der Waals surface area contributed by atoms with Gasteiger partial charge in [0.2, 0.25) is 5.88 Å². The Bertz CT molecular complexity index is 850. The summed E-state index contributed by atoms with van der Waals surface area (Å²) in [6.45, 7) is 5.17. The number of carbonyl (C=O) groups is 2. The Hall–Kier alpha value is -3.16. The van der Waals surface area contributed by atoms with E-state index in [1.807, 2.05) is 19.1 Å². The van der Waals surface area contributed by atoms with Gasteiger partial charge in [0.25, 0.3) is 5.91 Å². The van der Waals surface area contributed by atoms with Gasteiger partial charge in [-0.1, -0.05) is 0 Å². The van der Waals surface area contributed by atoms with Crippen LogP contribution in [0.3, 0.4) is 0 Å². The fourth-order valence-corrected chi connectivity index (χ4v) is 2.48. The van der Waals surface area contributed by atoms with Crippen molar-refractivity contribution in [2.45, 2.75) is 26.3 Å². The zero-order valence-corrected chi connectivity index (χ0v) is 14.4. The first-order valence-electron chi connectivity index (χ1n) is 7.62. The van der Waals surface area contributed by atoms with Crippen molar-refractivity contribution in [1.82, 2.24) is 15.3 Å². The number of ether oxygens (including phenoxy) is 2. The number of hydrogen-bond acceptors (Lipinski definition) is 6. The molecule has 25 heavy (non-hydrogen) atoms. The van der Waals surface area contributed by atoms with E-state index in [0.29, 0.717) is 11.5 Å². The molecule has 0 aliphatic carbocycles. The van der Waals surface area contributed by atoms with E-state index in [-0.39, 0.29) is 17.6 Å². The normalized spacial score (nSPS) is 15.9. The summed E-state index contributed by atoms with van der Waals surface area (Å²) in [4.78, 5) is 33.5. The maximum atomic E-state index is 12.4. The van der Waals surface area contributed by atoms with E-state index in [0.717, 1.165) is 10.5 Å². The van der Waals surface area contributed by atoms with Crippen LogP contribution in [0.4, 0.5) is 10.6 Å². The van der Waals surface area contributed by atoms with Crippen LogP contribution in [-0.4, -0.2) is 34.6 Å². The largest absolute Gasteiger partial charge is 0.497 e. The molecule has 0 saturated carbocycles. The molecule has 3 amide bonds. The Labute approximate surface area is 144 Å². The lowest BCUT2D eigenvalue weighted by molar-refractivity contribution is -0.121. The van der Waals surface area contributed by atoms with Crippen LogP contribution in [0.15, 0.2) is 30.6 Å². The summed E-state index contributed by atoms with van der Waals surface area (Å²) < 4.78 is 10.9. The number of aryl methyl sites for hydroxylation is 1. The number of imide groups is 1. The van der Waals surface area contributed by atoms with Gasteiger partial charge in [0.1, 0.15) is 23.4 Å². The monoisotopic (exact) mass is 342 g/mol.